The van der Waals surface area contributed by atoms with E-state index in [2.05, 4.69) is 5.32 Å². The number of carbonyl (C=O) groups is 1. The van der Waals surface area contributed by atoms with Gasteiger partial charge in [-0.1, -0.05) is 48.5 Å². The summed E-state index contributed by atoms with van der Waals surface area (Å²) in [6, 6.07) is 22.6. The summed E-state index contributed by atoms with van der Waals surface area (Å²) >= 11 is 0. The largest absolute Gasteiger partial charge is 0.399 e. The molecule has 1 aliphatic rings. The molecule has 0 saturated heterocycles. The normalized spacial score (nSPS) is 18.3. The highest BCUT2D eigenvalue weighted by Gasteiger charge is 2.32. The second kappa shape index (κ2) is 6.65. The van der Waals surface area contributed by atoms with Gasteiger partial charge in [0.1, 0.15) is 0 Å². The molecule has 0 heterocycles. The molecule has 1 amide bonds. The van der Waals surface area contributed by atoms with E-state index in [1.807, 2.05) is 60.7 Å². The fourth-order valence-electron chi connectivity index (χ4n) is 3.48. The number of anilines is 1. The Morgan fingerprint density at radius 3 is 2.38 bits per heavy atom. The Kier molecular flexibility index (Phi) is 4.19. The van der Waals surface area contributed by atoms with Gasteiger partial charge in [-0.25, -0.2) is 0 Å². The zero-order valence-corrected chi connectivity index (χ0v) is 14.2. The van der Waals surface area contributed by atoms with Gasteiger partial charge in [0, 0.05) is 17.7 Å². The number of rotatable bonds is 3. The van der Waals surface area contributed by atoms with Gasteiger partial charge in [-0.15, -0.1) is 0 Å². The molecule has 4 heteroatoms. The molecule has 0 radical (unpaired) electrons. The Labute approximate surface area is 152 Å². The van der Waals surface area contributed by atoms with Crippen LogP contribution in [0.3, 0.4) is 0 Å². The summed E-state index contributed by atoms with van der Waals surface area (Å²) in [6.45, 7) is 0. The second-order valence-electron chi connectivity index (χ2n) is 6.62. The number of aliphatic hydroxyl groups excluding tert-OH is 1. The van der Waals surface area contributed by atoms with Crippen LogP contribution in [-0.4, -0.2) is 17.1 Å². The lowest BCUT2D eigenvalue weighted by molar-refractivity contribution is 0.0858. The Morgan fingerprint density at radius 1 is 0.962 bits per heavy atom. The smallest absolute Gasteiger partial charge is 0.251 e. The quantitative estimate of drug-likeness (QED) is 0.638. The molecule has 1 aliphatic carbocycles. The standard InChI is InChI=1S/C22H20N2O2/c23-18-11-10-17-12-20(25)21(19(17)13-18)24-22(26)16-8-6-15(7-9-16)14-4-2-1-3-5-14/h1-11,13,20-21,25H,12,23H2,(H,24,26)/t20-,21-/m1/s1. The van der Waals surface area contributed by atoms with Crippen molar-refractivity contribution in [3.8, 4) is 11.1 Å². The molecule has 0 bridgehead atoms. The molecule has 0 spiro atoms. The summed E-state index contributed by atoms with van der Waals surface area (Å²) in [5, 5.41) is 13.3. The number of benzene rings is 3. The minimum atomic E-state index is -0.639. The molecule has 0 fully saturated rings. The van der Waals surface area contributed by atoms with Crippen molar-refractivity contribution in [2.24, 2.45) is 0 Å². The first kappa shape index (κ1) is 16.4. The van der Waals surface area contributed by atoms with Gasteiger partial charge in [-0.2, -0.15) is 0 Å². The van der Waals surface area contributed by atoms with Gasteiger partial charge >= 0.3 is 0 Å². The van der Waals surface area contributed by atoms with Gasteiger partial charge in [0.05, 0.1) is 12.1 Å². The van der Waals surface area contributed by atoms with Crippen LogP contribution in [0, 0.1) is 0 Å². The summed E-state index contributed by atoms with van der Waals surface area (Å²) in [5.41, 5.74) is 11.1. The predicted molar refractivity (Wildman–Crippen MR) is 103 cm³/mol. The topological polar surface area (TPSA) is 75.3 Å². The molecule has 0 unspecified atom stereocenters. The van der Waals surface area contributed by atoms with Crippen LogP contribution < -0.4 is 11.1 Å². The molecular formula is C22H20N2O2. The molecule has 4 nitrogen and oxygen atoms in total. The van der Waals surface area contributed by atoms with E-state index < -0.39 is 12.1 Å². The highest BCUT2D eigenvalue weighted by molar-refractivity contribution is 5.95. The second-order valence-corrected chi connectivity index (χ2v) is 6.62. The van der Waals surface area contributed by atoms with Crippen molar-refractivity contribution in [1.29, 1.82) is 0 Å². The maximum absolute atomic E-state index is 12.6. The summed E-state index contributed by atoms with van der Waals surface area (Å²) in [7, 11) is 0. The van der Waals surface area contributed by atoms with Gasteiger partial charge in [-0.05, 0) is 46.5 Å². The van der Waals surface area contributed by atoms with Gasteiger partial charge < -0.3 is 16.2 Å². The molecule has 3 aromatic rings. The summed E-state index contributed by atoms with van der Waals surface area (Å²) in [4.78, 5) is 12.6. The van der Waals surface area contributed by atoms with Crippen LogP contribution in [0.4, 0.5) is 5.69 Å². The van der Waals surface area contributed by atoms with E-state index in [9.17, 15) is 9.90 Å². The summed E-state index contributed by atoms with van der Waals surface area (Å²) < 4.78 is 0. The number of amides is 1. The number of nitrogens with one attached hydrogen (secondary N) is 1. The van der Waals surface area contributed by atoms with Gasteiger partial charge in [0.2, 0.25) is 0 Å². The predicted octanol–water partition coefficient (Wildman–Crippen LogP) is 3.32. The van der Waals surface area contributed by atoms with E-state index in [-0.39, 0.29) is 5.91 Å². The maximum atomic E-state index is 12.6. The lowest BCUT2D eigenvalue weighted by Crippen LogP contribution is -2.33. The van der Waals surface area contributed by atoms with Crippen LogP contribution in [-0.2, 0) is 6.42 Å². The van der Waals surface area contributed by atoms with E-state index in [1.54, 1.807) is 12.1 Å². The third-order valence-electron chi connectivity index (χ3n) is 4.86. The van der Waals surface area contributed by atoms with Crippen LogP contribution in [0.15, 0.2) is 72.8 Å². The van der Waals surface area contributed by atoms with Crippen molar-refractivity contribution in [2.75, 3.05) is 5.73 Å². The van der Waals surface area contributed by atoms with E-state index in [1.165, 1.54) is 0 Å². The molecular weight excluding hydrogens is 324 g/mol. The average molecular weight is 344 g/mol. The van der Waals surface area contributed by atoms with Crippen LogP contribution >= 0.6 is 0 Å². The summed E-state index contributed by atoms with van der Waals surface area (Å²) in [6.07, 6.45) is -0.118. The van der Waals surface area contributed by atoms with Crippen LogP contribution in [0.1, 0.15) is 27.5 Å². The highest BCUT2D eigenvalue weighted by atomic mass is 16.3. The fourth-order valence-corrected chi connectivity index (χ4v) is 3.48. The molecule has 4 N–H and O–H groups in total. The van der Waals surface area contributed by atoms with Crippen molar-refractivity contribution in [3.05, 3.63) is 89.5 Å². The first-order valence-electron chi connectivity index (χ1n) is 8.64. The maximum Gasteiger partial charge on any atom is 0.251 e. The van der Waals surface area contributed by atoms with Crippen LogP contribution in [0.5, 0.6) is 0 Å². The Morgan fingerprint density at radius 2 is 1.65 bits per heavy atom. The Hall–Kier alpha value is -3.11. The minimum Gasteiger partial charge on any atom is -0.399 e. The van der Waals surface area contributed by atoms with Crippen molar-refractivity contribution in [2.45, 2.75) is 18.6 Å². The Bertz CT molecular complexity index is 936. The SMILES string of the molecule is Nc1ccc2c(c1)[C@@H](NC(=O)c1ccc(-c3ccccc3)cc1)[C@H](O)C2. The molecule has 26 heavy (non-hydrogen) atoms. The molecule has 2 atom stereocenters. The third kappa shape index (κ3) is 3.07. The highest BCUT2D eigenvalue weighted by Crippen LogP contribution is 2.33. The van der Waals surface area contributed by atoms with Gasteiger partial charge in [0.25, 0.3) is 5.91 Å². The van der Waals surface area contributed by atoms with Gasteiger partial charge in [0.15, 0.2) is 0 Å². The first-order valence-corrected chi connectivity index (χ1v) is 8.64. The number of hydrogen-bond acceptors (Lipinski definition) is 3. The number of fused-ring (bicyclic) bond motifs is 1. The first-order chi connectivity index (χ1) is 12.6. The van der Waals surface area contributed by atoms with Crippen molar-refractivity contribution in [1.82, 2.24) is 5.32 Å². The van der Waals surface area contributed by atoms with E-state index in [0.717, 1.165) is 22.3 Å². The number of hydrogen-bond donors (Lipinski definition) is 3. The molecule has 0 aliphatic heterocycles. The minimum absolute atomic E-state index is 0.205. The fraction of sp³-hybridized carbons (Fsp3) is 0.136. The number of carbonyl (C=O) groups excluding carboxylic acids is 1. The summed E-state index contributed by atoms with van der Waals surface area (Å²) in [5.74, 6) is -0.205. The molecule has 4 rings (SSSR count). The van der Waals surface area contributed by atoms with Crippen molar-refractivity contribution < 1.29 is 9.90 Å². The van der Waals surface area contributed by atoms with E-state index in [4.69, 9.17) is 5.73 Å². The van der Waals surface area contributed by atoms with Crippen molar-refractivity contribution in [3.63, 3.8) is 0 Å². The Balaban J connectivity index is 1.53. The molecule has 3 aromatic carbocycles. The third-order valence-corrected chi connectivity index (χ3v) is 4.86. The molecule has 0 saturated carbocycles. The molecule has 0 aromatic heterocycles. The monoisotopic (exact) mass is 344 g/mol. The molecule has 130 valence electrons. The van der Waals surface area contributed by atoms with Crippen LogP contribution in [0.2, 0.25) is 0 Å². The zero-order valence-electron chi connectivity index (χ0n) is 14.2. The number of aliphatic hydroxyl groups is 1. The van der Waals surface area contributed by atoms with E-state index in [0.29, 0.717) is 17.7 Å². The van der Waals surface area contributed by atoms with Crippen molar-refractivity contribution >= 4 is 11.6 Å². The lowest BCUT2D eigenvalue weighted by atomic mass is 10.0. The van der Waals surface area contributed by atoms with Crippen LogP contribution in [0.25, 0.3) is 11.1 Å². The van der Waals surface area contributed by atoms with Gasteiger partial charge in [-0.3, -0.25) is 4.79 Å². The number of nitrogen functional groups attached to an aromatic ring is 1. The van der Waals surface area contributed by atoms with E-state index >= 15 is 0 Å². The zero-order chi connectivity index (χ0) is 18.1. The average Bonchev–Trinajstić information content (AvgIpc) is 2.97. The lowest BCUT2D eigenvalue weighted by Gasteiger charge is -2.18. The number of nitrogens with two attached hydrogens (primary N) is 1.